The monoisotopic (exact) mass is 490 g/mol. The molecule has 2 aliphatic rings. The van der Waals surface area contributed by atoms with Crippen LogP contribution in [0, 0.1) is 0 Å². The molecule has 7 nitrogen and oxygen atoms in total. The zero-order valence-electron chi connectivity index (χ0n) is 19.0. The molecule has 4 rings (SSSR count). The zero-order chi connectivity index (χ0) is 23.8. The van der Waals surface area contributed by atoms with E-state index in [1.807, 2.05) is 32.0 Å². The number of fused-ring (bicyclic) bond motifs is 1. The van der Waals surface area contributed by atoms with Crippen LogP contribution in [0.5, 0.6) is 0 Å². The van der Waals surface area contributed by atoms with Crippen LogP contribution < -0.4 is 4.31 Å². The number of anilines is 1. The maximum atomic E-state index is 13.6. The van der Waals surface area contributed by atoms with E-state index in [2.05, 4.69) is 0 Å². The van der Waals surface area contributed by atoms with Crippen LogP contribution in [0.3, 0.4) is 0 Å². The van der Waals surface area contributed by atoms with Crippen molar-refractivity contribution in [2.45, 2.75) is 56.5 Å². The number of benzene rings is 2. The number of para-hydroxylation sites is 1. The minimum atomic E-state index is -3.87. The Morgan fingerprint density at radius 2 is 1.91 bits per heavy atom. The number of nitrogens with zero attached hydrogens (tertiary/aromatic N) is 2. The molecule has 178 valence electrons. The lowest BCUT2D eigenvalue weighted by molar-refractivity contribution is 0.0694. The summed E-state index contributed by atoms with van der Waals surface area (Å²) in [5.41, 5.74) is 1.91. The van der Waals surface area contributed by atoms with Crippen molar-refractivity contribution < 1.29 is 21.6 Å². The van der Waals surface area contributed by atoms with Crippen molar-refractivity contribution in [3.8, 4) is 0 Å². The van der Waals surface area contributed by atoms with Gasteiger partial charge in [-0.15, -0.1) is 0 Å². The van der Waals surface area contributed by atoms with Gasteiger partial charge in [-0.05, 0) is 56.0 Å². The quantitative estimate of drug-likeness (QED) is 0.594. The van der Waals surface area contributed by atoms with E-state index in [4.69, 9.17) is 0 Å². The minimum absolute atomic E-state index is 0.0392. The fourth-order valence-corrected chi connectivity index (χ4v) is 8.24. The van der Waals surface area contributed by atoms with Crippen molar-refractivity contribution in [1.29, 1.82) is 0 Å². The summed E-state index contributed by atoms with van der Waals surface area (Å²) in [7, 11) is -7.03. The number of unbranched alkanes of at least 4 members (excludes halogenated alkanes) is 1. The molecule has 0 aliphatic carbocycles. The number of carbonyl (C=O) groups excluding carboxylic acids is 1. The van der Waals surface area contributed by atoms with Gasteiger partial charge in [0, 0.05) is 24.2 Å². The number of sulfonamides is 1. The number of carbonyl (C=O) groups is 1. The number of rotatable bonds is 7. The second-order valence-electron chi connectivity index (χ2n) is 8.92. The van der Waals surface area contributed by atoms with E-state index in [9.17, 15) is 21.6 Å². The predicted octanol–water partition coefficient (Wildman–Crippen LogP) is 3.26. The smallest absolute Gasteiger partial charge is 0.264 e. The van der Waals surface area contributed by atoms with Crippen LogP contribution in [0.25, 0.3) is 0 Å². The molecule has 0 bridgehead atoms. The second kappa shape index (κ2) is 9.10. The average molecular weight is 491 g/mol. The van der Waals surface area contributed by atoms with Gasteiger partial charge in [-0.2, -0.15) is 0 Å². The summed E-state index contributed by atoms with van der Waals surface area (Å²) in [5.74, 6) is -0.283. The molecule has 0 aromatic heterocycles. The summed E-state index contributed by atoms with van der Waals surface area (Å²) in [6, 6.07) is 13.0. The van der Waals surface area contributed by atoms with Crippen molar-refractivity contribution in [3.05, 3.63) is 59.7 Å². The van der Waals surface area contributed by atoms with Gasteiger partial charge in [-0.1, -0.05) is 37.6 Å². The van der Waals surface area contributed by atoms with E-state index in [1.54, 1.807) is 23.1 Å². The summed E-state index contributed by atoms with van der Waals surface area (Å²) >= 11 is 0. The molecule has 1 saturated heterocycles. The topological polar surface area (TPSA) is 91.8 Å². The summed E-state index contributed by atoms with van der Waals surface area (Å²) in [6.45, 7) is 4.33. The van der Waals surface area contributed by atoms with Crippen molar-refractivity contribution in [2.24, 2.45) is 0 Å². The molecule has 2 heterocycles. The number of amides is 1. The molecular formula is C24H30N2O5S2. The van der Waals surface area contributed by atoms with Gasteiger partial charge in [0.2, 0.25) is 0 Å². The Kier molecular flexibility index (Phi) is 6.55. The minimum Gasteiger partial charge on any atom is -0.335 e. The molecule has 0 saturated carbocycles. The predicted molar refractivity (Wildman–Crippen MR) is 129 cm³/mol. The summed E-state index contributed by atoms with van der Waals surface area (Å²) in [6.07, 6.45) is 2.67. The van der Waals surface area contributed by atoms with E-state index in [0.29, 0.717) is 25.1 Å². The third kappa shape index (κ3) is 4.66. The third-order valence-corrected chi connectivity index (χ3v) is 10.1. The molecule has 33 heavy (non-hydrogen) atoms. The fourth-order valence-electron chi connectivity index (χ4n) is 4.77. The third-order valence-electron chi connectivity index (χ3n) is 6.45. The largest absolute Gasteiger partial charge is 0.335 e. The summed E-state index contributed by atoms with van der Waals surface area (Å²) < 4.78 is 52.6. The highest BCUT2D eigenvalue weighted by Crippen LogP contribution is 2.36. The molecule has 2 unspecified atom stereocenters. The Morgan fingerprint density at radius 1 is 1.15 bits per heavy atom. The van der Waals surface area contributed by atoms with Gasteiger partial charge < -0.3 is 4.90 Å². The van der Waals surface area contributed by atoms with E-state index in [0.717, 1.165) is 18.4 Å². The van der Waals surface area contributed by atoms with E-state index in [-0.39, 0.29) is 40.0 Å². The average Bonchev–Trinajstić information content (AvgIpc) is 3.32. The fraction of sp³-hybridized carbons (Fsp3) is 0.458. The van der Waals surface area contributed by atoms with Gasteiger partial charge in [0.25, 0.3) is 15.9 Å². The highest BCUT2D eigenvalue weighted by Gasteiger charge is 2.37. The molecule has 9 heteroatoms. The maximum Gasteiger partial charge on any atom is 0.264 e. The van der Waals surface area contributed by atoms with Gasteiger partial charge in [0.05, 0.1) is 22.1 Å². The van der Waals surface area contributed by atoms with Gasteiger partial charge in [0.15, 0.2) is 9.84 Å². The second-order valence-corrected chi connectivity index (χ2v) is 13.0. The van der Waals surface area contributed by atoms with Gasteiger partial charge in [-0.25, -0.2) is 16.8 Å². The van der Waals surface area contributed by atoms with Crippen molar-refractivity contribution in [2.75, 3.05) is 22.4 Å². The Balaban J connectivity index is 1.66. The van der Waals surface area contributed by atoms with E-state index < -0.39 is 19.9 Å². The van der Waals surface area contributed by atoms with Crippen LogP contribution in [-0.4, -0.2) is 57.8 Å². The summed E-state index contributed by atoms with van der Waals surface area (Å²) in [5, 5.41) is 0. The van der Waals surface area contributed by atoms with Crippen LogP contribution in [0.1, 0.15) is 49.0 Å². The molecule has 1 fully saturated rings. The maximum absolute atomic E-state index is 13.6. The van der Waals surface area contributed by atoms with Crippen LogP contribution in [-0.2, 0) is 26.3 Å². The van der Waals surface area contributed by atoms with Crippen LogP contribution >= 0.6 is 0 Å². The van der Waals surface area contributed by atoms with E-state index in [1.165, 1.54) is 16.4 Å². The first kappa shape index (κ1) is 23.8. The SMILES string of the molecule is CCCCN(C(=O)c1cccc(S(=O)(=O)N2c3ccccc3CC2C)c1)C1CCS(=O)(=O)C1. The first-order valence-electron chi connectivity index (χ1n) is 11.4. The lowest BCUT2D eigenvalue weighted by Gasteiger charge is -2.29. The molecule has 2 aromatic rings. The van der Waals surface area contributed by atoms with Crippen molar-refractivity contribution >= 4 is 31.5 Å². The van der Waals surface area contributed by atoms with Gasteiger partial charge >= 0.3 is 0 Å². The van der Waals surface area contributed by atoms with Crippen LogP contribution in [0.15, 0.2) is 53.4 Å². The molecular weight excluding hydrogens is 460 g/mol. The Hall–Kier alpha value is -2.39. The molecule has 0 radical (unpaired) electrons. The normalized spacial score (nSPS) is 21.7. The molecule has 2 atom stereocenters. The highest BCUT2D eigenvalue weighted by atomic mass is 32.2. The molecule has 0 spiro atoms. The lowest BCUT2D eigenvalue weighted by Crippen LogP contribution is -2.42. The number of hydrogen-bond acceptors (Lipinski definition) is 5. The number of sulfone groups is 1. The molecule has 2 aromatic carbocycles. The van der Waals surface area contributed by atoms with Crippen LogP contribution in [0.2, 0.25) is 0 Å². The highest BCUT2D eigenvalue weighted by molar-refractivity contribution is 7.93. The lowest BCUT2D eigenvalue weighted by atomic mass is 10.1. The molecule has 0 N–H and O–H groups in total. The van der Waals surface area contributed by atoms with E-state index >= 15 is 0 Å². The van der Waals surface area contributed by atoms with Gasteiger partial charge in [0.1, 0.15) is 0 Å². The first-order valence-corrected chi connectivity index (χ1v) is 14.6. The molecule has 2 aliphatic heterocycles. The van der Waals surface area contributed by atoms with Gasteiger partial charge in [-0.3, -0.25) is 9.10 Å². The van der Waals surface area contributed by atoms with Crippen molar-refractivity contribution in [3.63, 3.8) is 0 Å². The Bertz CT molecular complexity index is 1260. The molecule has 1 amide bonds. The zero-order valence-corrected chi connectivity index (χ0v) is 20.6. The Morgan fingerprint density at radius 3 is 2.61 bits per heavy atom. The number of hydrogen-bond donors (Lipinski definition) is 0. The van der Waals surface area contributed by atoms with Crippen molar-refractivity contribution in [1.82, 2.24) is 4.90 Å². The first-order chi connectivity index (χ1) is 15.6. The summed E-state index contributed by atoms with van der Waals surface area (Å²) in [4.78, 5) is 15.1. The standard InChI is InChI=1S/C24H30N2O5S2/c1-3-4-13-25(21-12-14-32(28,29)17-21)24(27)20-9-7-10-22(16-20)33(30,31)26-18(2)15-19-8-5-6-11-23(19)26/h5-11,16,18,21H,3-4,12-15,17H2,1-2H3. The van der Waals surface area contributed by atoms with Crippen LogP contribution in [0.4, 0.5) is 5.69 Å². The Labute approximate surface area is 196 Å².